The Balaban J connectivity index is 1.92. The summed E-state index contributed by atoms with van der Waals surface area (Å²) in [7, 11) is 1.67. The monoisotopic (exact) mass is 360 g/mol. The molecule has 0 fully saturated rings. The minimum absolute atomic E-state index is 0.00218. The lowest BCUT2D eigenvalue weighted by Crippen LogP contribution is -2.15. The average molecular weight is 361 g/mol. The molecule has 0 saturated carbocycles. The van der Waals surface area contributed by atoms with Crippen molar-refractivity contribution >= 4 is 0 Å². The first-order valence-corrected chi connectivity index (χ1v) is 10.6. The second kappa shape index (κ2) is 16.1. The van der Waals surface area contributed by atoms with Crippen molar-refractivity contribution < 1.29 is 9.84 Å². The highest BCUT2D eigenvalue weighted by atomic mass is 16.5. The number of unbranched alkanes of at least 4 members (excludes halogenated alkanes) is 6. The van der Waals surface area contributed by atoms with Gasteiger partial charge in [-0.05, 0) is 43.6 Å². The second-order valence-electron chi connectivity index (χ2n) is 7.47. The summed E-state index contributed by atoms with van der Waals surface area (Å²) in [6, 6.07) is 10.8. The van der Waals surface area contributed by atoms with Gasteiger partial charge in [0.1, 0.15) is 0 Å². The van der Waals surface area contributed by atoms with Crippen LogP contribution in [0.5, 0.6) is 0 Å². The summed E-state index contributed by atoms with van der Waals surface area (Å²) in [6.45, 7) is 4.12. The van der Waals surface area contributed by atoms with E-state index in [2.05, 4.69) is 43.0 Å². The Hall–Kier alpha value is -1.12. The Labute approximate surface area is 161 Å². The summed E-state index contributed by atoms with van der Waals surface area (Å²) in [4.78, 5) is 0. The van der Waals surface area contributed by atoms with Gasteiger partial charge >= 0.3 is 0 Å². The van der Waals surface area contributed by atoms with Crippen molar-refractivity contribution in [1.82, 2.24) is 0 Å². The van der Waals surface area contributed by atoms with Crippen LogP contribution >= 0.6 is 0 Å². The summed E-state index contributed by atoms with van der Waals surface area (Å²) in [5.74, 6) is 0.622. The number of allylic oxidation sites excluding steroid dienone is 1. The molecule has 0 amide bonds. The molecule has 0 aliphatic heterocycles. The summed E-state index contributed by atoms with van der Waals surface area (Å²) in [6.07, 6.45) is 17.3. The molecule has 0 bridgehead atoms. The topological polar surface area (TPSA) is 29.5 Å². The van der Waals surface area contributed by atoms with Crippen LogP contribution in [0.15, 0.2) is 43.0 Å². The largest absolute Gasteiger partial charge is 0.394 e. The van der Waals surface area contributed by atoms with Gasteiger partial charge in [0.2, 0.25) is 0 Å². The third-order valence-corrected chi connectivity index (χ3v) is 5.35. The van der Waals surface area contributed by atoms with Gasteiger partial charge in [0, 0.05) is 7.11 Å². The Morgan fingerprint density at radius 2 is 1.50 bits per heavy atom. The Kier molecular flexibility index (Phi) is 14.2. The summed E-state index contributed by atoms with van der Waals surface area (Å²) in [5, 5.41) is 9.14. The molecule has 0 aliphatic rings. The molecule has 1 N–H and O–H groups in total. The van der Waals surface area contributed by atoms with Crippen LogP contribution in [0.2, 0.25) is 0 Å². The lowest BCUT2D eigenvalue weighted by atomic mass is 9.94. The molecule has 0 aromatic heterocycles. The smallest absolute Gasteiger partial charge is 0.0802 e. The number of rotatable bonds is 17. The van der Waals surface area contributed by atoms with Crippen LogP contribution in [-0.4, -0.2) is 24.9 Å². The fourth-order valence-electron chi connectivity index (χ4n) is 3.54. The molecule has 2 nitrogen and oxygen atoms in total. The van der Waals surface area contributed by atoms with E-state index in [1.807, 2.05) is 0 Å². The molecule has 0 spiro atoms. The normalized spacial score (nSPS) is 13.5. The Morgan fingerprint density at radius 3 is 2.12 bits per heavy atom. The van der Waals surface area contributed by atoms with Gasteiger partial charge in [-0.3, -0.25) is 0 Å². The van der Waals surface area contributed by atoms with Crippen molar-refractivity contribution in [2.45, 2.75) is 83.2 Å². The van der Waals surface area contributed by atoms with Crippen LogP contribution in [0, 0.1) is 5.92 Å². The molecule has 2 heteroatoms. The first-order chi connectivity index (χ1) is 12.8. The maximum absolute atomic E-state index is 9.14. The molecule has 1 aromatic rings. The SMILES string of the molecule is C=CC(CCCCCCCCCc1ccccc1)CCCC(CO)OC. The highest BCUT2D eigenvalue weighted by molar-refractivity contribution is 5.14. The van der Waals surface area contributed by atoms with Gasteiger partial charge in [-0.2, -0.15) is 0 Å². The molecule has 148 valence electrons. The summed E-state index contributed by atoms with van der Waals surface area (Å²) in [5.41, 5.74) is 1.47. The standard InChI is InChI=1S/C24H40O2/c1-3-22(19-14-20-24(21-25)26-2)15-10-7-5-4-6-8-11-16-23-17-12-9-13-18-23/h3,9,12-13,17-18,22,24-25H,1,4-8,10-11,14-16,19-21H2,2H3. The molecule has 2 atom stereocenters. The van der Waals surface area contributed by atoms with Gasteiger partial charge in [-0.15, -0.1) is 6.58 Å². The number of aliphatic hydroxyl groups excluding tert-OH is 1. The van der Waals surface area contributed by atoms with Crippen LogP contribution in [0.1, 0.15) is 76.2 Å². The van der Waals surface area contributed by atoms with Gasteiger partial charge in [0.25, 0.3) is 0 Å². The zero-order valence-corrected chi connectivity index (χ0v) is 16.9. The maximum Gasteiger partial charge on any atom is 0.0802 e. The highest BCUT2D eigenvalue weighted by Crippen LogP contribution is 2.20. The summed E-state index contributed by atoms with van der Waals surface area (Å²) >= 11 is 0. The van der Waals surface area contributed by atoms with Crippen molar-refractivity contribution in [2.75, 3.05) is 13.7 Å². The Bertz CT molecular complexity index is 425. The van der Waals surface area contributed by atoms with Crippen molar-refractivity contribution in [2.24, 2.45) is 5.92 Å². The first-order valence-electron chi connectivity index (χ1n) is 10.6. The van der Waals surface area contributed by atoms with E-state index < -0.39 is 0 Å². The van der Waals surface area contributed by atoms with Gasteiger partial charge in [-0.25, -0.2) is 0 Å². The number of aryl methyl sites for hydroxylation is 1. The quantitative estimate of drug-likeness (QED) is 0.260. The van der Waals surface area contributed by atoms with Gasteiger partial charge in [0.05, 0.1) is 12.7 Å². The minimum Gasteiger partial charge on any atom is -0.394 e. The van der Waals surface area contributed by atoms with Crippen LogP contribution in [0.3, 0.4) is 0 Å². The molecule has 0 saturated heterocycles. The van der Waals surface area contributed by atoms with Crippen LogP contribution < -0.4 is 0 Å². The van der Waals surface area contributed by atoms with Gasteiger partial charge in [0.15, 0.2) is 0 Å². The molecule has 0 heterocycles. The first kappa shape index (κ1) is 22.9. The van der Waals surface area contributed by atoms with Crippen molar-refractivity contribution in [3.05, 3.63) is 48.6 Å². The van der Waals surface area contributed by atoms with Crippen molar-refractivity contribution in [3.8, 4) is 0 Å². The number of ether oxygens (including phenoxy) is 1. The van der Waals surface area contributed by atoms with E-state index in [-0.39, 0.29) is 12.7 Å². The average Bonchev–Trinajstić information content (AvgIpc) is 2.69. The van der Waals surface area contributed by atoms with E-state index in [1.54, 1.807) is 7.11 Å². The third-order valence-electron chi connectivity index (χ3n) is 5.35. The van der Waals surface area contributed by atoms with E-state index in [1.165, 1.54) is 69.8 Å². The van der Waals surface area contributed by atoms with E-state index in [0.717, 1.165) is 12.8 Å². The number of aliphatic hydroxyl groups is 1. The van der Waals surface area contributed by atoms with Gasteiger partial charge < -0.3 is 9.84 Å². The summed E-state index contributed by atoms with van der Waals surface area (Å²) < 4.78 is 5.22. The number of hydrogen-bond acceptors (Lipinski definition) is 2. The zero-order chi connectivity index (χ0) is 18.9. The van der Waals surface area contributed by atoms with Crippen LogP contribution in [0.25, 0.3) is 0 Å². The fourth-order valence-corrected chi connectivity index (χ4v) is 3.54. The number of methoxy groups -OCH3 is 1. The predicted molar refractivity (Wildman–Crippen MR) is 113 cm³/mol. The minimum atomic E-state index is 0.00218. The molecular weight excluding hydrogens is 320 g/mol. The molecule has 0 aliphatic carbocycles. The number of hydrogen-bond donors (Lipinski definition) is 1. The molecule has 1 aromatic carbocycles. The van der Waals surface area contributed by atoms with Crippen LogP contribution in [0.4, 0.5) is 0 Å². The Morgan fingerprint density at radius 1 is 0.885 bits per heavy atom. The molecule has 0 radical (unpaired) electrons. The highest BCUT2D eigenvalue weighted by Gasteiger charge is 2.08. The van der Waals surface area contributed by atoms with E-state index in [9.17, 15) is 0 Å². The van der Waals surface area contributed by atoms with E-state index in [0.29, 0.717) is 5.92 Å². The van der Waals surface area contributed by atoms with Crippen LogP contribution in [-0.2, 0) is 11.2 Å². The molecule has 1 rings (SSSR count). The van der Waals surface area contributed by atoms with Crippen molar-refractivity contribution in [3.63, 3.8) is 0 Å². The zero-order valence-electron chi connectivity index (χ0n) is 16.9. The molecule has 2 unspecified atom stereocenters. The van der Waals surface area contributed by atoms with Gasteiger partial charge in [-0.1, -0.05) is 81.4 Å². The maximum atomic E-state index is 9.14. The molecule has 26 heavy (non-hydrogen) atoms. The fraction of sp³-hybridized carbons (Fsp3) is 0.667. The molecular formula is C24H40O2. The third kappa shape index (κ3) is 11.5. The van der Waals surface area contributed by atoms with Crippen molar-refractivity contribution in [1.29, 1.82) is 0 Å². The lowest BCUT2D eigenvalue weighted by molar-refractivity contribution is 0.0410. The lowest BCUT2D eigenvalue weighted by Gasteiger charge is -2.15. The van der Waals surface area contributed by atoms with E-state index >= 15 is 0 Å². The number of benzene rings is 1. The predicted octanol–water partition coefficient (Wildman–Crippen LogP) is 6.33. The van der Waals surface area contributed by atoms with E-state index in [4.69, 9.17) is 9.84 Å². The second-order valence-corrected chi connectivity index (χ2v) is 7.47.